The van der Waals surface area contributed by atoms with Crippen LogP contribution in [0.25, 0.3) is 10.8 Å². The highest BCUT2D eigenvalue weighted by molar-refractivity contribution is 7.89. The van der Waals surface area contributed by atoms with E-state index in [2.05, 4.69) is 4.98 Å². The maximum Gasteiger partial charge on any atom is 0.243 e. The van der Waals surface area contributed by atoms with Gasteiger partial charge in [-0.2, -0.15) is 0 Å². The van der Waals surface area contributed by atoms with E-state index in [1.54, 1.807) is 37.6 Å². The molecule has 1 unspecified atom stereocenters. The van der Waals surface area contributed by atoms with Crippen LogP contribution in [-0.2, 0) is 10.0 Å². The summed E-state index contributed by atoms with van der Waals surface area (Å²) < 4.78 is 26.7. The molecule has 0 saturated carbocycles. The molecule has 5 nitrogen and oxygen atoms in total. The zero-order valence-electron chi connectivity index (χ0n) is 11.7. The number of sulfonamides is 1. The fraction of sp³-hybridized carbons (Fsp3) is 0.357. The number of pyridine rings is 1. The molecule has 20 heavy (non-hydrogen) atoms. The smallest absolute Gasteiger partial charge is 0.243 e. The number of aromatic nitrogens is 1. The lowest BCUT2D eigenvalue weighted by Crippen LogP contribution is -2.33. The second-order valence-electron chi connectivity index (χ2n) is 4.98. The monoisotopic (exact) mass is 293 g/mol. The average Bonchev–Trinajstić information content (AvgIpc) is 2.46. The molecule has 0 bridgehead atoms. The molecule has 0 aliphatic heterocycles. The maximum absolute atomic E-state index is 12.7. The quantitative estimate of drug-likeness (QED) is 0.905. The largest absolute Gasteiger partial charge is 0.330 e. The summed E-state index contributed by atoms with van der Waals surface area (Å²) in [6.45, 7) is 2.79. The van der Waals surface area contributed by atoms with Crippen molar-refractivity contribution in [2.75, 3.05) is 20.1 Å². The molecule has 6 heteroatoms. The van der Waals surface area contributed by atoms with E-state index in [1.165, 1.54) is 4.31 Å². The Morgan fingerprint density at radius 3 is 2.80 bits per heavy atom. The van der Waals surface area contributed by atoms with E-state index in [9.17, 15) is 8.42 Å². The first-order valence-corrected chi connectivity index (χ1v) is 7.90. The van der Waals surface area contributed by atoms with Gasteiger partial charge in [0.05, 0.1) is 4.90 Å². The predicted octanol–water partition coefficient (Wildman–Crippen LogP) is 1.45. The molecule has 1 atom stereocenters. The Balaban J connectivity index is 2.47. The number of nitrogens with zero attached hydrogens (tertiary/aromatic N) is 2. The highest BCUT2D eigenvalue weighted by atomic mass is 32.2. The van der Waals surface area contributed by atoms with Crippen LogP contribution in [-0.4, -0.2) is 37.8 Å². The SMILES string of the molecule is CC(CN)CN(C)S(=O)(=O)c1cccc2cnccc12. The topological polar surface area (TPSA) is 76.3 Å². The lowest BCUT2D eigenvalue weighted by atomic mass is 10.2. The second kappa shape index (κ2) is 5.87. The minimum Gasteiger partial charge on any atom is -0.330 e. The van der Waals surface area contributed by atoms with Crippen molar-refractivity contribution in [3.8, 4) is 0 Å². The van der Waals surface area contributed by atoms with E-state index < -0.39 is 10.0 Å². The van der Waals surface area contributed by atoms with Gasteiger partial charge in [0.25, 0.3) is 0 Å². The molecule has 2 rings (SSSR count). The van der Waals surface area contributed by atoms with Gasteiger partial charge in [0.15, 0.2) is 0 Å². The summed E-state index contributed by atoms with van der Waals surface area (Å²) in [5, 5.41) is 1.50. The van der Waals surface area contributed by atoms with E-state index in [1.807, 2.05) is 13.0 Å². The number of hydrogen-bond donors (Lipinski definition) is 1. The number of rotatable bonds is 5. The minimum atomic E-state index is -3.52. The van der Waals surface area contributed by atoms with Crippen LogP contribution >= 0.6 is 0 Å². The van der Waals surface area contributed by atoms with Gasteiger partial charge in [0, 0.05) is 36.8 Å². The molecule has 0 fully saturated rings. The second-order valence-corrected chi connectivity index (χ2v) is 6.99. The molecular formula is C14H19N3O2S. The predicted molar refractivity (Wildman–Crippen MR) is 79.8 cm³/mol. The van der Waals surface area contributed by atoms with Crippen molar-refractivity contribution >= 4 is 20.8 Å². The van der Waals surface area contributed by atoms with E-state index >= 15 is 0 Å². The Hall–Kier alpha value is -1.50. The molecule has 0 spiro atoms. The Morgan fingerprint density at radius 1 is 1.35 bits per heavy atom. The van der Waals surface area contributed by atoms with Crippen LogP contribution in [0.4, 0.5) is 0 Å². The molecule has 0 saturated heterocycles. The lowest BCUT2D eigenvalue weighted by Gasteiger charge is -2.21. The van der Waals surface area contributed by atoms with Gasteiger partial charge in [-0.3, -0.25) is 4.98 Å². The molecule has 2 aromatic rings. The van der Waals surface area contributed by atoms with E-state index in [0.717, 1.165) is 5.39 Å². The zero-order valence-corrected chi connectivity index (χ0v) is 12.5. The van der Waals surface area contributed by atoms with Gasteiger partial charge in [-0.15, -0.1) is 0 Å². The van der Waals surface area contributed by atoms with Crippen molar-refractivity contribution in [3.63, 3.8) is 0 Å². The van der Waals surface area contributed by atoms with Crippen LogP contribution in [0.1, 0.15) is 6.92 Å². The summed E-state index contributed by atoms with van der Waals surface area (Å²) >= 11 is 0. The third-order valence-electron chi connectivity index (χ3n) is 3.30. The third kappa shape index (κ3) is 2.82. The standard InChI is InChI=1S/C14H19N3O2S/c1-11(8-15)10-17(2)20(18,19)14-5-3-4-12-9-16-7-6-13(12)14/h3-7,9,11H,8,10,15H2,1-2H3. The van der Waals surface area contributed by atoms with Crippen LogP contribution in [0.3, 0.4) is 0 Å². The van der Waals surface area contributed by atoms with Crippen LogP contribution in [0.2, 0.25) is 0 Å². The van der Waals surface area contributed by atoms with Gasteiger partial charge < -0.3 is 5.73 Å². The normalized spacial score (nSPS) is 13.8. The summed E-state index contributed by atoms with van der Waals surface area (Å²) in [4.78, 5) is 4.33. The number of nitrogens with two attached hydrogens (primary N) is 1. The summed E-state index contributed by atoms with van der Waals surface area (Å²) in [5.74, 6) is 0.117. The fourth-order valence-corrected chi connectivity index (χ4v) is 3.60. The average molecular weight is 293 g/mol. The van der Waals surface area contributed by atoms with E-state index in [-0.39, 0.29) is 5.92 Å². The van der Waals surface area contributed by atoms with Crippen molar-refractivity contribution in [1.82, 2.24) is 9.29 Å². The Kier molecular flexibility index (Phi) is 4.37. The molecule has 2 N–H and O–H groups in total. The van der Waals surface area contributed by atoms with E-state index in [4.69, 9.17) is 5.73 Å². The van der Waals surface area contributed by atoms with Crippen LogP contribution in [0, 0.1) is 5.92 Å². The third-order valence-corrected chi connectivity index (χ3v) is 5.18. The van der Waals surface area contributed by atoms with Crippen molar-refractivity contribution in [1.29, 1.82) is 0 Å². The molecule has 0 aliphatic carbocycles. The van der Waals surface area contributed by atoms with Gasteiger partial charge in [-0.25, -0.2) is 12.7 Å². The first-order chi connectivity index (χ1) is 9.46. The van der Waals surface area contributed by atoms with Gasteiger partial charge in [0.1, 0.15) is 0 Å². The molecule has 0 aliphatic rings. The molecule has 0 amide bonds. The molecule has 0 radical (unpaired) electrons. The number of fused-ring (bicyclic) bond motifs is 1. The Bertz CT molecular complexity index is 695. The van der Waals surface area contributed by atoms with Gasteiger partial charge in [-0.05, 0) is 24.6 Å². The van der Waals surface area contributed by atoms with Gasteiger partial charge >= 0.3 is 0 Å². The molecule has 1 aromatic heterocycles. The van der Waals surface area contributed by atoms with Crippen molar-refractivity contribution in [3.05, 3.63) is 36.7 Å². The Labute approximate surface area is 119 Å². The van der Waals surface area contributed by atoms with E-state index in [0.29, 0.717) is 23.4 Å². The molecule has 1 aromatic carbocycles. The summed E-state index contributed by atoms with van der Waals surface area (Å²) in [7, 11) is -1.94. The minimum absolute atomic E-state index is 0.117. The van der Waals surface area contributed by atoms with Gasteiger partial charge in [-0.1, -0.05) is 19.1 Å². The van der Waals surface area contributed by atoms with Crippen LogP contribution < -0.4 is 5.73 Å². The van der Waals surface area contributed by atoms with Crippen LogP contribution in [0.5, 0.6) is 0 Å². The number of hydrogen-bond acceptors (Lipinski definition) is 4. The van der Waals surface area contributed by atoms with Crippen molar-refractivity contribution < 1.29 is 8.42 Å². The molecule has 108 valence electrons. The number of benzene rings is 1. The maximum atomic E-state index is 12.7. The summed E-state index contributed by atoms with van der Waals surface area (Å²) in [6, 6.07) is 6.94. The highest BCUT2D eigenvalue weighted by Crippen LogP contribution is 2.24. The lowest BCUT2D eigenvalue weighted by molar-refractivity contribution is 0.405. The fourth-order valence-electron chi connectivity index (χ4n) is 2.10. The summed E-state index contributed by atoms with van der Waals surface area (Å²) in [5.41, 5.74) is 5.56. The van der Waals surface area contributed by atoms with Crippen molar-refractivity contribution in [2.45, 2.75) is 11.8 Å². The van der Waals surface area contributed by atoms with Crippen molar-refractivity contribution in [2.24, 2.45) is 11.7 Å². The highest BCUT2D eigenvalue weighted by Gasteiger charge is 2.23. The molecule has 1 heterocycles. The molecular weight excluding hydrogens is 274 g/mol. The Morgan fingerprint density at radius 2 is 2.10 bits per heavy atom. The zero-order chi connectivity index (χ0) is 14.8. The first-order valence-electron chi connectivity index (χ1n) is 6.46. The summed E-state index contributed by atoms with van der Waals surface area (Å²) in [6.07, 6.45) is 3.26. The van der Waals surface area contributed by atoms with Crippen LogP contribution in [0.15, 0.2) is 41.6 Å². The first kappa shape index (κ1) is 14.9. The van der Waals surface area contributed by atoms with Gasteiger partial charge in [0.2, 0.25) is 10.0 Å².